The van der Waals surface area contributed by atoms with Gasteiger partial charge in [0.15, 0.2) is 0 Å². The largest absolute Gasteiger partial charge is 0.497 e. The van der Waals surface area contributed by atoms with Gasteiger partial charge in [0.2, 0.25) is 0 Å². The van der Waals surface area contributed by atoms with Crippen molar-refractivity contribution in [3.05, 3.63) is 77.4 Å². The molecule has 0 fully saturated rings. The van der Waals surface area contributed by atoms with Crippen molar-refractivity contribution < 1.29 is 4.74 Å². The second kappa shape index (κ2) is 6.29. The molecule has 0 saturated carbocycles. The monoisotopic (exact) mass is 317 g/mol. The molecular formula is C22H23NO. The van der Waals surface area contributed by atoms with Crippen LogP contribution in [0, 0.1) is 0 Å². The molecule has 1 aliphatic rings. The van der Waals surface area contributed by atoms with E-state index in [-0.39, 0.29) is 0 Å². The van der Waals surface area contributed by atoms with Crippen molar-refractivity contribution in [2.45, 2.75) is 18.9 Å². The van der Waals surface area contributed by atoms with E-state index in [4.69, 9.17) is 4.74 Å². The van der Waals surface area contributed by atoms with Gasteiger partial charge >= 0.3 is 0 Å². The Balaban J connectivity index is 1.81. The minimum absolute atomic E-state index is 0.445. The van der Waals surface area contributed by atoms with E-state index in [1.807, 2.05) is 0 Å². The van der Waals surface area contributed by atoms with Crippen LogP contribution in [0.25, 0.3) is 10.8 Å². The van der Waals surface area contributed by atoms with Crippen molar-refractivity contribution in [2.24, 2.45) is 0 Å². The predicted octanol–water partition coefficient (Wildman–Crippen LogP) is 4.82. The predicted molar refractivity (Wildman–Crippen MR) is 99.7 cm³/mol. The fraction of sp³-hybridized carbons (Fsp3) is 0.273. The first-order chi connectivity index (χ1) is 11.7. The van der Waals surface area contributed by atoms with Crippen molar-refractivity contribution in [2.75, 3.05) is 20.7 Å². The lowest BCUT2D eigenvalue weighted by Gasteiger charge is -2.19. The molecule has 3 aromatic carbocycles. The Morgan fingerprint density at radius 2 is 1.79 bits per heavy atom. The Bertz CT molecular complexity index is 871. The Morgan fingerprint density at radius 3 is 2.62 bits per heavy atom. The summed E-state index contributed by atoms with van der Waals surface area (Å²) in [5, 5.41) is 2.63. The van der Waals surface area contributed by atoms with E-state index in [2.05, 4.69) is 72.6 Å². The Morgan fingerprint density at radius 1 is 0.958 bits per heavy atom. The summed E-state index contributed by atoms with van der Waals surface area (Å²) in [6, 6.07) is 22.1. The molecule has 0 spiro atoms. The van der Waals surface area contributed by atoms with Crippen LogP contribution >= 0.6 is 0 Å². The third-order valence-corrected chi connectivity index (χ3v) is 5.14. The molecule has 1 unspecified atom stereocenters. The normalized spacial score (nSPS) is 18.2. The highest BCUT2D eigenvalue weighted by molar-refractivity contribution is 5.83. The summed E-state index contributed by atoms with van der Waals surface area (Å²) < 4.78 is 5.44. The minimum Gasteiger partial charge on any atom is -0.497 e. The smallest absolute Gasteiger partial charge is 0.119 e. The maximum Gasteiger partial charge on any atom is 0.119 e. The Hall–Kier alpha value is -2.32. The molecule has 3 aromatic rings. The number of methoxy groups -OCH3 is 1. The lowest BCUT2D eigenvalue weighted by atomic mass is 9.85. The molecule has 2 nitrogen and oxygen atoms in total. The maximum absolute atomic E-state index is 5.44. The van der Waals surface area contributed by atoms with Crippen molar-refractivity contribution in [3.8, 4) is 5.75 Å². The molecule has 1 aliphatic heterocycles. The molecule has 0 N–H and O–H groups in total. The van der Waals surface area contributed by atoms with Gasteiger partial charge in [0.1, 0.15) is 5.75 Å². The summed E-state index contributed by atoms with van der Waals surface area (Å²) >= 11 is 0. The second-order valence-electron chi connectivity index (χ2n) is 6.75. The van der Waals surface area contributed by atoms with Crippen LogP contribution in [-0.2, 0) is 6.54 Å². The van der Waals surface area contributed by atoms with Gasteiger partial charge in [-0.25, -0.2) is 0 Å². The van der Waals surface area contributed by atoms with Crippen LogP contribution in [0.4, 0.5) is 0 Å². The number of fused-ring (bicyclic) bond motifs is 2. The molecule has 2 heteroatoms. The summed E-state index contributed by atoms with van der Waals surface area (Å²) in [5.41, 5.74) is 4.23. The van der Waals surface area contributed by atoms with Crippen LogP contribution in [0.1, 0.15) is 29.0 Å². The van der Waals surface area contributed by atoms with Gasteiger partial charge < -0.3 is 9.64 Å². The highest BCUT2D eigenvalue weighted by Crippen LogP contribution is 2.36. The molecule has 1 atom stereocenters. The quantitative estimate of drug-likeness (QED) is 0.672. The minimum atomic E-state index is 0.445. The SMILES string of the molecule is COc1ccc2c(c1)CN(C)CCC2c1ccc2ccccc2c1. The van der Waals surface area contributed by atoms with Crippen LogP contribution in [0.15, 0.2) is 60.7 Å². The van der Waals surface area contributed by atoms with Crippen LogP contribution in [0.5, 0.6) is 5.75 Å². The lowest BCUT2D eigenvalue weighted by molar-refractivity contribution is 0.327. The van der Waals surface area contributed by atoms with Crippen molar-refractivity contribution in [1.29, 1.82) is 0 Å². The zero-order valence-corrected chi connectivity index (χ0v) is 14.3. The van der Waals surface area contributed by atoms with Gasteiger partial charge in [0, 0.05) is 12.5 Å². The molecule has 1 heterocycles. The summed E-state index contributed by atoms with van der Waals surface area (Å²) in [7, 11) is 3.94. The van der Waals surface area contributed by atoms with E-state index in [1.165, 1.54) is 27.5 Å². The molecule has 122 valence electrons. The van der Waals surface area contributed by atoms with E-state index in [0.29, 0.717) is 5.92 Å². The standard InChI is InChI=1S/C22H23NO/c1-23-12-11-22(21-10-9-20(24-2)14-19(21)15-23)18-8-7-16-5-3-4-6-17(16)13-18/h3-10,13-14,22H,11-12,15H2,1-2H3. The first-order valence-electron chi connectivity index (χ1n) is 8.58. The molecule has 4 rings (SSSR count). The summed E-state index contributed by atoms with van der Waals surface area (Å²) in [6.07, 6.45) is 1.15. The van der Waals surface area contributed by atoms with Gasteiger partial charge in [0.25, 0.3) is 0 Å². The molecule has 24 heavy (non-hydrogen) atoms. The summed E-state index contributed by atoms with van der Waals surface area (Å²) in [4.78, 5) is 2.40. The summed E-state index contributed by atoms with van der Waals surface area (Å²) in [6.45, 7) is 2.09. The van der Waals surface area contributed by atoms with E-state index in [9.17, 15) is 0 Å². The highest BCUT2D eigenvalue weighted by Gasteiger charge is 2.23. The Labute approximate surface area is 143 Å². The average molecular weight is 317 g/mol. The van der Waals surface area contributed by atoms with E-state index in [1.54, 1.807) is 7.11 Å². The third-order valence-electron chi connectivity index (χ3n) is 5.14. The molecule has 0 bridgehead atoms. The number of benzene rings is 3. The van der Waals surface area contributed by atoms with E-state index >= 15 is 0 Å². The van der Waals surface area contributed by atoms with E-state index < -0.39 is 0 Å². The van der Waals surface area contributed by atoms with Crippen LogP contribution in [0.3, 0.4) is 0 Å². The van der Waals surface area contributed by atoms with Crippen molar-refractivity contribution in [3.63, 3.8) is 0 Å². The number of rotatable bonds is 2. The molecule has 0 saturated heterocycles. The first kappa shape index (κ1) is 15.2. The third kappa shape index (κ3) is 2.78. The van der Waals surface area contributed by atoms with Crippen molar-refractivity contribution >= 4 is 10.8 Å². The fourth-order valence-electron chi connectivity index (χ4n) is 3.83. The van der Waals surface area contributed by atoms with Gasteiger partial charge in [-0.2, -0.15) is 0 Å². The molecule has 0 aromatic heterocycles. The lowest BCUT2D eigenvalue weighted by Crippen LogP contribution is -2.17. The molecule has 0 amide bonds. The number of ether oxygens (including phenoxy) is 1. The average Bonchev–Trinajstić information content (AvgIpc) is 2.78. The van der Waals surface area contributed by atoms with Gasteiger partial charge in [-0.15, -0.1) is 0 Å². The fourth-order valence-corrected chi connectivity index (χ4v) is 3.83. The maximum atomic E-state index is 5.44. The Kier molecular flexibility index (Phi) is 3.99. The van der Waals surface area contributed by atoms with E-state index in [0.717, 1.165) is 25.3 Å². The number of hydrogen-bond acceptors (Lipinski definition) is 2. The second-order valence-corrected chi connectivity index (χ2v) is 6.75. The van der Waals surface area contributed by atoms with Crippen LogP contribution < -0.4 is 4.74 Å². The zero-order valence-electron chi connectivity index (χ0n) is 14.3. The topological polar surface area (TPSA) is 12.5 Å². The number of nitrogens with zero attached hydrogens (tertiary/aromatic N) is 1. The highest BCUT2D eigenvalue weighted by atomic mass is 16.5. The van der Waals surface area contributed by atoms with Gasteiger partial charge in [-0.05, 0) is 59.6 Å². The summed E-state index contributed by atoms with van der Waals surface area (Å²) in [5.74, 6) is 1.39. The van der Waals surface area contributed by atoms with Crippen molar-refractivity contribution in [1.82, 2.24) is 4.90 Å². The molecular weight excluding hydrogens is 294 g/mol. The van der Waals surface area contributed by atoms with Gasteiger partial charge in [0.05, 0.1) is 7.11 Å². The zero-order chi connectivity index (χ0) is 16.5. The molecule has 0 radical (unpaired) electrons. The van der Waals surface area contributed by atoms with Crippen LogP contribution in [-0.4, -0.2) is 25.6 Å². The van der Waals surface area contributed by atoms with Gasteiger partial charge in [-0.1, -0.05) is 48.5 Å². The molecule has 0 aliphatic carbocycles. The number of hydrogen-bond donors (Lipinski definition) is 0. The first-order valence-corrected chi connectivity index (χ1v) is 8.58. The van der Waals surface area contributed by atoms with Gasteiger partial charge in [-0.3, -0.25) is 0 Å². The van der Waals surface area contributed by atoms with Crippen LogP contribution in [0.2, 0.25) is 0 Å².